The first kappa shape index (κ1) is 21.8. The molecule has 4 rings (SSSR count). The van der Waals surface area contributed by atoms with Gasteiger partial charge in [0.1, 0.15) is 11.6 Å². The van der Waals surface area contributed by atoms with Gasteiger partial charge in [-0.2, -0.15) is 9.78 Å². The van der Waals surface area contributed by atoms with Crippen molar-refractivity contribution in [3.05, 3.63) is 75.9 Å². The van der Waals surface area contributed by atoms with Crippen molar-refractivity contribution < 1.29 is 9.53 Å². The standard InChI is InChI=1S/C25H25ClN4O2/c1-15-11-17(3)25-21(12-15)16(2)13-22(28-25)30-23(14-18(4)29-30)27-24(31)9-10-32-20-7-5-19(26)6-8-20/h5-8,11-14H,9-10H2,1-4H3,(H,27,31). The predicted octanol–water partition coefficient (Wildman–Crippen LogP) is 5.72. The van der Waals surface area contributed by atoms with Crippen LogP contribution in [-0.4, -0.2) is 27.3 Å². The molecule has 1 N–H and O–H groups in total. The quantitative estimate of drug-likeness (QED) is 0.410. The van der Waals surface area contributed by atoms with Gasteiger partial charge in [-0.25, -0.2) is 4.98 Å². The highest BCUT2D eigenvalue weighted by molar-refractivity contribution is 6.30. The number of carbonyl (C=O) groups is 1. The summed E-state index contributed by atoms with van der Waals surface area (Å²) in [6, 6.07) is 15.1. The van der Waals surface area contributed by atoms with Gasteiger partial charge in [-0.3, -0.25) is 4.79 Å². The topological polar surface area (TPSA) is 69.0 Å². The van der Waals surface area contributed by atoms with Crippen molar-refractivity contribution in [1.29, 1.82) is 0 Å². The molecule has 0 spiro atoms. The molecular weight excluding hydrogens is 424 g/mol. The summed E-state index contributed by atoms with van der Waals surface area (Å²) in [5.41, 5.74) is 5.15. The Morgan fingerprint density at radius 3 is 2.53 bits per heavy atom. The maximum Gasteiger partial charge on any atom is 0.228 e. The summed E-state index contributed by atoms with van der Waals surface area (Å²) in [5, 5.41) is 9.26. The number of amides is 1. The van der Waals surface area contributed by atoms with E-state index in [1.165, 1.54) is 5.56 Å². The second-order valence-corrected chi connectivity index (χ2v) is 8.40. The number of hydrogen-bond acceptors (Lipinski definition) is 4. The number of nitrogens with one attached hydrogen (secondary N) is 1. The molecule has 2 heterocycles. The van der Waals surface area contributed by atoms with Gasteiger partial charge in [-0.05, 0) is 75.2 Å². The van der Waals surface area contributed by atoms with Crippen molar-refractivity contribution in [3.8, 4) is 11.6 Å². The summed E-state index contributed by atoms with van der Waals surface area (Å²) in [7, 11) is 0. The van der Waals surface area contributed by atoms with E-state index in [4.69, 9.17) is 21.3 Å². The van der Waals surface area contributed by atoms with Crippen LogP contribution in [-0.2, 0) is 4.79 Å². The zero-order chi connectivity index (χ0) is 22.8. The van der Waals surface area contributed by atoms with Crippen LogP contribution in [0.2, 0.25) is 5.02 Å². The molecule has 32 heavy (non-hydrogen) atoms. The lowest BCUT2D eigenvalue weighted by molar-refractivity contribution is -0.116. The van der Waals surface area contributed by atoms with Gasteiger partial charge in [-0.15, -0.1) is 0 Å². The molecule has 0 unspecified atom stereocenters. The van der Waals surface area contributed by atoms with Crippen LogP contribution in [0.3, 0.4) is 0 Å². The van der Waals surface area contributed by atoms with Gasteiger partial charge >= 0.3 is 0 Å². The molecule has 0 bridgehead atoms. The third kappa shape index (κ3) is 4.75. The zero-order valence-corrected chi connectivity index (χ0v) is 19.3. The maximum atomic E-state index is 12.5. The summed E-state index contributed by atoms with van der Waals surface area (Å²) in [6.07, 6.45) is 0.204. The molecule has 0 aliphatic carbocycles. The number of hydrogen-bond donors (Lipinski definition) is 1. The molecule has 7 heteroatoms. The van der Waals surface area contributed by atoms with Gasteiger partial charge in [0.05, 0.1) is 24.2 Å². The molecule has 0 atom stereocenters. The maximum absolute atomic E-state index is 12.5. The summed E-state index contributed by atoms with van der Waals surface area (Å²) < 4.78 is 7.30. The Kier molecular flexibility index (Phi) is 6.15. The largest absolute Gasteiger partial charge is 0.493 e. The molecule has 0 aliphatic heterocycles. The minimum atomic E-state index is -0.163. The van der Waals surface area contributed by atoms with E-state index in [0.717, 1.165) is 27.7 Å². The average molecular weight is 449 g/mol. The van der Waals surface area contributed by atoms with E-state index in [1.807, 2.05) is 19.1 Å². The highest BCUT2D eigenvalue weighted by Crippen LogP contribution is 2.26. The van der Waals surface area contributed by atoms with Crippen LogP contribution in [0.15, 0.2) is 48.5 Å². The zero-order valence-electron chi connectivity index (χ0n) is 18.6. The summed E-state index contributed by atoms with van der Waals surface area (Å²) in [5.74, 6) is 1.76. The van der Waals surface area contributed by atoms with Gasteiger partial charge in [0.25, 0.3) is 0 Å². The van der Waals surface area contributed by atoms with Crippen molar-refractivity contribution in [2.45, 2.75) is 34.1 Å². The number of halogens is 1. The molecule has 0 radical (unpaired) electrons. The molecule has 2 aromatic carbocycles. The Hall–Kier alpha value is -3.38. The number of fused-ring (bicyclic) bond motifs is 1. The van der Waals surface area contributed by atoms with E-state index >= 15 is 0 Å². The molecular formula is C25H25ClN4O2. The molecule has 164 valence electrons. The van der Waals surface area contributed by atoms with Crippen LogP contribution in [0.4, 0.5) is 5.82 Å². The average Bonchev–Trinajstić information content (AvgIpc) is 3.10. The third-order valence-corrected chi connectivity index (χ3v) is 5.42. The highest BCUT2D eigenvalue weighted by atomic mass is 35.5. The minimum Gasteiger partial charge on any atom is -0.493 e. The lowest BCUT2D eigenvalue weighted by atomic mass is 10.0. The van der Waals surface area contributed by atoms with Gasteiger partial charge < -0.3 is 10.1 Å². The molecule has 4 aromatic rings. The predicted molar refractivity (Wildman–Crippen MR) is 128 cm³/mol. The number of pyridine rings is 1. The van der Waals surface area contributed by atoms with Crippen LogP contribution in [0, 0.1) is 27.7 Å². The molecule has 2 aromatic heterocycles. The van der Waals surface area contributed by atoms with Crippen molar-refractivity contribution >= 4 is 34.2 Å². The highest BCUT2D eigenvalue weighted by Gasteiger charge is 2.14. The lowest BCUT2D eigenvalue weighted by Gasteiger charge is -2.12. The normalized spacial score (nSPS) is 11.0. The Bertz CT molecular complexity index is 1300. The molecule has 6 nitrogen and oxygen atoms in total. The van der Waals surface area contributed by atoms with E-state index < -0.39 is 0 Å². The number of ether oxygens (including phenoxy) is 1. The Labute approximate surface area is 192 Å². The number of anilines is 1. The molecule has 0 saturated heterocycles. The molecule has 0 fully saturated rings. The van der Waals surface area contributed by atoms with Crippen LogP contribution in [0.25, 0.3) is 16.7 Å². The van der Waals surface area contributed by atoms with Crippen molar-refractivity contribution in [3.63, 3.8) is 0 Å². The summed E-state index contributed by atoms with van der Waals surface area (Å²) in [6.45, 7) is 8.35. The molecule has 0 aliphatic rings. The second kappa shape index (κ2) is 9.01. The first-order valence-corrected chi connectivity index (χ1v) is 10.8. The van der Waals surface area contributed by atoms with Crippen LogP contribution < -0.4 is 10.1 Å². The molecule has 1 amide bonds. The van der Waals surface area contributed by atoms with Gasteiger partial charge in [-0.1, -0.05) is 23.2 Å². The monoisotopic (exact) mass is 448 g/mol. The van der Waals surface area contributed by atoms with Crippen molar-refractivity contribution in [1.82, 2.24) is 14.8 Å². The van der Waals surface area contributed by atoms with E-state index in [0.29, 0.717) is 22.4 Å². The number of aromatic nitrogens is 3. The second-order valence-electron chi connectivity index (χ2n) is 7.96. The fourth-order valence-electron chi connectivity index (χ4n) is 3.70. The lowest BCUT2D eigenvalue weighted by Crippen LogP contribution is -2.18. The first-order chi connectivity index (χ1) is 15.3. The first-order valence-electron chi connectivity index (χ1n) is 10.4. The Morgan fingerprint density at radius 2 is 1.78 bits per heavy atom. The number of benzene rings is 2. The Morgan fingerprint density at radius 1 is 1.03 bits per heavy atom. The van der Waals surface area contributed by atoms with E-state index in [1.54, 1.807) is 28.9 Å². The van der Waals surface area contributed by atoms with Gasteiger partial charge in [0.15, 0.2) is 5.82 Å². The van der Waals surface area contributed by atoms with Gasteiger partial charge in [0, 0.05) is 16.5 Å². The Balaban J connectivity index is 1.52. The van der Waals surface area contributed by atoms with Crippen LogP contribution >= 0.6 is 11.6 Å². The number of rotatable bonds is 6. The smallest absolute Gasteiger partial charge is 0.228 e. The minimum absolute atomic E-state index is 0.163. The van der Waals surface area contributed by atoms with Crippen molar-refractivity contribution in [2.24, 2.45) is 0 Å². The van der Waals surface area contributed by atoms with Gasteiger partial charge in [0.2, 0.25) is 5.91 Å². The van der Waals surface area contributed by atoms with Crippen molar-refractivity contribution in [2.75, 3.05) is 11.9 Å². The van der Waals surface area contributed by atoms with E-state index in [-0.39, 0.29) is 18.9 Å². The van der Waals surface area contributed by atoms with E-state index in [2.05, 4.69) is 43.3 Å². The summed E-state index contributed by atoms with van der Waals surface area (Å²) in [4.78, 5) is 17.4. The van der Waals surface area contributed by atoms with Crippen LogP contribution in [0.5, 0.6) is 5.75 Å². The number of aryl methyl sites for hydroxylation is 4. The number of carbonyl (C=O) groups excluding carboxylic acids is 1. The van der Waals surface area contributed by atoms with Crippen LogP contribution in [0.1, 0.15) is 28.8 Å². The number of nitrogens with zero attached hydrogens (tertiary/aromatic N) is 3. The third-order valence-electron chi connectivity index (χ3n) is 5.17. The molecule has 0 saturated carbocycles. The summed E-state index contributed by atoms with van der Waals surface area (Å²) >= 11 is 5.88. The SMILES string of the molecule is Cc1cc(C)c2nc(-n3nc(C)cc3NC(=O)CCOc3ccc(Cl)cc3)cc(C)c2c1. The van der Waals surface area contributed by atoms with E-state index in [9.17, 15) is 4.79 Å². The fourth-order valence-corrected chi connectivity index (χ4v) is 3.82. The fraction of sp³-hybridized carbons (Fsp3) is 0.240.